The van der Waals surface area contributed by atoms with Crippen molar-refractivity contribution >= 4 is 18.3 Å². The van der Waals surface area contributed by atoms with E-state index in [0.717, 1.165) is 12.0 Å². The SMILES string of the molecule is CCCN(CCc1cccc(F)c1)C(=O)[C@@H](C)N.Cl. The molecule has 0 spiro atoms. The largest absolute Gasteiger partial charge is 0.341 e. The van der Waals surface area contributed by atoms with Crippen LogP contribution < -0.4 is 5.73 Å². The van der Waals surface area contributed by atoms with Crippen molar-refractivity contribution in [2.24, 2.45) is 5.73 Å². The van der Waals surface area contributed by atoms with Crippen molar-refractivity contribution in [3.63, 3.8) is 0 Å². The highest BCUT2D eigenvalue weighted by Gasteiger charge is 2.16. The number of rotatable bonds is 6. The summed E-state index contributed by atoms with van der Waals surface area (Å²) in [6, 6.07) is 5.98. The van der Waals surface area contributed by atoms with Crippen molar-refractivity contribution in [2.75, 3.05) is 13.1 Å². The third kappa shape index (κ3) is 6.03. The van der Waals surface area contributed by atoms with Gasteiger partial charge in [0.1, 0.15) is 5.82 Å². The zero-order chi connectivity index (χ0) is 13.5. The summed E-state index contributed by atoms with van der Waals surface area (Å²) in [5, 5.41) is 0. The highest BCUT2D eigenvalue weighted by molar-refractivity contribution is 5.85. The van der Waals surface area contributed by atoms with Crippen LogP contribution in [0.25, 0.3) is 0 Å². The van der Waals surface area contributed by atoms with Crippen LogP contribution in [-0.4, -0.2) is 29.9 Å². The molecule has 0 aliphatic rings. The van der Waals surface area contributed by atoms with Crippen LogP contribution in [0.4, 0.5) is 4.39 Å². The standard InChI is InChI=1S/C14H21FN2O.ClH/c1-3-8-17(14(18)11(2)16)9-7-12-5-4-6-13(15)10-12;/h4-6,10-11H,3,7-9,16H2,1-2H3;1H/t11-;/m1./s1. The van der Waals surface area contributed by atoms with Gasteiger partial charge in [-0.25, -0.2) is 4.39 Å². The first-order valence-electron chi connectivity index (χ1n) is 6.33. The fourth-order valence-corrected chi connectivity index (χ4v) is 1.85. The highest BCUT2D eigenvalue weighted by Crippen LogP contribution is 2.06. The first-order chi connectivity index (χ1) is 8.54. The predicted molar refractivity (Wildman–Crippen MR) is 77.9 cm³/mol. The molecule has 1 aromatic rings. The molecule has 0 aromatic heterocycles. The summed E-state index contributed by atoms with van der Waals surface area (Å²) in [6.07, 6.45) is 1.54. The van der Waals surface area contributed by atoms with E-state index in [1.54, 1.807) is 17.9 Å². The van der Waals surface area contributed by atoms with Crippen LogP contribution in [0.15, 0.2) is 24.3 Å². The number of hydrogen-bond donors (Lipinski definition) is 1. The smallest absolute Gasteiger partial charge is 0.239 e. The minimum atomic E-state index is -0.482. The van der Waals surface area contributed by atoms with Gasteiger partial charge in [-0.1, -0.05) is 19.1 Å². The summed E-state index contributed by atoms with van der Waals surface area (Å²) in [5.41, 5.74) is 6.51. The monoisotopic (exact) mass is 288 g/mol. The first kappa shape index (κ1) is 17.9. The van der Waals surface area contributed by atoms with E-state index in [4.69, 9.17) is 5.73 Å². The van der Waals surface area contributed by atoms with E-state index in [1.165, 1.54) is 12.1 Å². The van der Waals surface area contributed by atoms with Crippen LogP contribution in [-0.2, 0) is 11.2 Å². The Bertz CT molecular complexity index is 399. The van der Waals surface area contributed by atoms with Crippen LogP contribution in [0.1, 0.15) is 25.8 Å². The van der Waals surface area contributed by atoms with E-state index in [9.17, 15) is 9.18 Å². The predicted octanol–water partition coefficient (Wildman–Crippen LogP) is 2.38. The van der Waals surface area contributed by atoms with Crippen LogP contribution in [0.3, 0.4) is 0 Å². The maximum absolute atomic E-state index is 13.0. The van der Waals surface area contributed by atoms with Crippen LogP contribution in [0.5, 0.6) is 0 Å². The molecule has 19 heavy (non-hydrogen) atoms. The molecule has 1 amide bonds. The second kappa shape index (κ2) is 8.88. The van der Waals surface area contributed by atoms with Gasteiger partial charge in [-0.15, -0.1) is 12.4 Å². The lowest BCUT2D eigenvalue weighted by molar-refractivity contribution is -0.132. The van der Waals surface area contributed by atoms with Gasteiger partial charge in [0.15, 0.2) is 0 Å². The molecule has 0 heterocycles. The van der Waals surface area contributed by atoms with Crippen molar-refractivity contribution in [1.82, 2.24) is 4.90 Å². The van der Waals surface area contributed by atoms with Crippen molar-refractivity contribution < 1.29 is 9.18 Å². The van der Waals surface area contributed by atoms with Gasteiger partial charge in [0, 0.05) is 13.1 Å². The van der Waals surface area contributed by atoms with Crippen molar-refractivity contribution in [3.05, 3.63) is 35.6 Å². The second-order valence-corrected chi connectivity index (χ2v) is 4.49. The van der Waals surface area contributed by atoms with E-state index in [0.29, 0.717) is 19.5 Å². The minimum absolute atomic E-state index is 0. The topological polar surface area (TPSA) is 46.3 Å². The van der Waals surface area contributed by atoms with Crippen LogP contribution >= 0.6 is 12.4 Å². The van der Waals surface area contributed by atoms with E-state index < -0.39 is 6.04 Å². The lowest BCUT2D eigenvalue weighted by Gasteiger charge is -2.24. The Kier molecular flexibility index (Phi) is 8.35. The number of benzene rings is 1. The Balaban J connectivity index is 0.00000324. The van der Waals surface area contributed by atoms with Gasteiger partial charge in [0.2, 0.25) is 5.91 Å². The molecule has 0 saturated heterocycles. The number of carbonyl (C=O) groups is 1. The van der Waals surface area contributed by atoms with Gasteiger partial charge in [-0.3, -0.25) is 4.79 Å². The zero-order valence-electron chi connectivity index (χ0n) is 11.4. The summed E-state index contributed by atoms with van der Waals surface area (Å²) < 4.78 is 13.0. The van der Waals surface area contributed by atoms with E-state index >= 15 is 0 Å². The maximum Gasteiger partial charge on any atom is 0.239 e. The van der Waals surface area contributed by atoms with Gasteiger partial charge in [-0.2, -0.15) is 0 Å². The average molecular weight is 289 g/mol. The minimum Gasteiger partial charge on any atom is -0.341 e. The summed E-state index contributed by atoms with van der Waals surface area (Å²) in [6.45, 7) is 4.98. The molecule has 5 heteroatoms. The zero-order valence-corrected chi connectivity index (χ0v) is 12.3. The van der Waals surface area contributed by atoms with Crippen molar-refractivity contribution in [1.29, 1.82) is 0 Å². The molecule has 0 aliphatic heterocycles. The molecule has 1 atom stereocenters. The van der Waals surface area contributed by atoms with Crippen LogP contribution in [0, 0.1) is 5.82 Å². The molecule has 0 bridgehead atoms. The molecule has 0 saturated carbocycles. The normalized spacial score (nSPS) is 11.6. The number of nitrogens with two attached hydrogens (primary N) is 1. The Morgan fingerprint density at radius 2 is 2.11 bits per heavy atom. The molecule has 2 N–H and O–H groups in total. The maximum atomic E-state index is 13.0. The van der Waals surface area contributed by atoms with Crippen LogP contribution in [0.2, 0.25) is 0 Å². The number of nitrogens with zero attached hydrogens (tertiary/aromatic N) is 1. The Morgan fingerprint density at radius 3 is 2.63 bits per heavy atom. The number of halogens is 2. The molecular formula is C14H22ClFN2O. The third-order valence-electron chi connectivity index (χ3n) is 2.75. The average Bonchev–Trinajstić information content (AvgIpc) is 2.33. The number of carbonyl (C=O) groups excluding carboxylic acids is 1. The number of amides is 1. The fourth-order valence-electron chi connectivity index (χ4n) is 1.85. The summed E-state index contributed by atoms with van der Waals surface area (Å²) in [7, 11) is 0. The number of hydrogen-bond acceptors (Lipinski definition) is 2. The highest BCUT2D eigenvalue weighted by atomic mass is 35.5. The molecule has 0 fully saturated rings. The van der Waals surface area contributed by atoms with Gasteiger partial charge in [0.05, 0.1) is 6.04 Å². The van der Waals surface area contributed by atoms with Gasteiger partial charge >= 0.3 is 0 Å². The fraction of sp³-hybridized carbons (Fsp3) is 0.500. The molecular weight excluding hydrogens is 267 g/mol. The summed E-state index contributed by atoms with van der Waals surface area (Å²) in [4.78, 5) is 13.6. The summed E-state index contributed by atoms with van der Waals surface area (Å²) in [5.74, 6) is -0.290. The van der Waals surface area contributed by atoms with E-state index in [2.05, 4.69) is 0 Å². The van der Waals surface area contributed by atoms with Crippen molar-refractivity contribution in [3.8, 4) is 0 Å². The molecule has 1 rings (SSSR count). The van der Waals surface area contributed by atoms with Gasteiger partial charge in [0.25, 0.3) is 0 Å². The lowest BCUT2D eigenvalue weighted by Crippen LogP contribution is -2.43. The lowest BCUT2D eigenvalue weighted by atomic mass is 10.1. The molecule has 1 aromatic carbocycles. The molecule has 0 radical (unpaired) electrons. The Hall–Kier alpha value is -1.13. The summed E-state index contributed by atoms with van der Waals surface area (Å²) >= 11 is 0. The van der Waals surface area contributed by atoms with Crippen molar-refractivity contribution in [2.45, 2.75) is 32.7 Å². The first-order valence-corrected chi connectivity index (χ1v) is 6.33. The quantitative estimate of drug-likeness (QED) is 0.873. The van der Waals surface area contributed by atoms with Gasteiger partial charge < -0.3 is 10.6 Å². The Morgan fingerprint density at radius 1 is 1.42 bits per heavy atom. The molecule has 3 nitrogen and oxygen atoms in total. The van der Waals surface area contributed by atoms with E-state index in [1.807, 2.05) is 13.0 Å². The third-order valence-corrected chi connectivity index (χ3v) is 2.75. The van der Waals surface area contributed by atoms with Gasteiger partial charge in [-0.05, 0) is 37.5 Å². The van der Waals surface area contributed by atoms with E-state index in [-0.39, 0.29) is 24.1 Å². The molecule has 0 unspecified atom stereocenters. The molecule has 108 valence electrons. The molecule has 0 aliphatic carbocycles. The Labute approximate surface area is 120 Å². The second-order valence-electron chi connectivity index (χ2n) is 4.49.